The van der Waals surface area contributed by atoms with Crippen molar-refractivity contribution in [1.29, 1.82) is 0 Å². The Morgan fingerprint density at radius 2 is 2.00 bits per heavy atom. The van der Waals surface area contributed by atoms with E-state index >= 15 is 0 Å². The first kappa shape index (κ1) is 13.5. The van der Waals surface area contributed by atoms with Gasteiger partial charge >= 0.3 is 0 Å². The Kier molecular flexibility index (Phi) is 5.30. The number of rotatable bonds is 5. The van der Waals surface area contributed by atoms with Gasteiger partial charge in [0.1, 0.15) is 0 Å². The molecule has 1 nitrogen and oxygen atoms in total. The van der Waals surface area contributed by atoms with Crippen LogP contribution in [0.25, 0.3) is 0 Å². The van der Waals surface area contributed by atoms with Gasteiger partial charge in [0.2, 0.25) is 0 Å². The first-order valence-electron chi connectivity index (χ1n) is 6.09. The van der Waals surface area contributed by atoms with Gasteiger partial charge in [0.25, 0.3) is 0 Å². The maximum absolute atomic E-state index is 6.08. The molecule has 0 fully saturated rings. The molecule has 0 saturated heterocycles. The van der Waals surface area contributed by atoms with Crippen LogP contribution >= 0.6 is 11.6 Å². The van der Waals surface area contributed by atoms with Gasteiger partial charge in [-0.2, -0.15) is 0 Å². The van der Waals surface area contributed by atoms with E-state index in [2.05, 4.69) is 45.1 Å². The maximum atomic E-state index is 6.08. The van der Waals surface area contributed by atoms with Crippen molar-refractivity contribution < 1.29 is 0 Å². The van der Waals surface area contributed by atoms with Crippen molar-refractivity contribution in [3.05, 3.63) is 34.3 Å². The van der Waals surface area contributed by atoms with E-state index in [-0.39, 0.29) is 0 Å². The quantitative estimate of drug-likeness (QED) is 0.806. The third-order valence-corrected chi connectivity index (χ3v) is 3.45. The summed E-state index contributed by atoms with van der Waals surface area (Å²) in [5.74, 6) is 0.622. The van der Waals surface area contributed by atoms with Gasteiger partial charge in [0.05, 0.1) is 0 Å². The molecule has 0 amide bonds. The van der Waals surface area contributed by atoms with Crippen LogP contribution in [0.15, 0.2) is 18.2 Å². The molecule has 1 aromatic rings. The zero-order valence-electron chi connectivity index (χ0n) is 10.7. The summed E-state index contributed by atoms with van der Waals surface area (Å²) in [5.41, 5.74) is 2.65. The van der Waals surface area contributed by atoms with Crippen molar-refractivity contribution in [1.82, 2.24) is 5.32 Å². The van der Waals surface area contributed by atoms with E-state index in [9.17, 15) is 0 Å². The fourth-order valence-corrected chi connectivity index (χ4v) is 2.20. The Balaban J connectivity index is 3.04. The highest BCUT2D eigenvalue weighted by Crippen LogP contribution is 2.28. The zero-order chi connectivity index (χ0) is 12.1. The third-order valence-electron chi connectivity index (χ3n) is 3.21. The standard InChI is InChI=1S/C14H22ClN/c1-5-10(3)14(16-6-2)13-9-12(15)8-7-11(13)4/h7-10,14,16H,5-6H2,1-4H3. The molecular formula is C14H22ClN. The number of hydrogen-bond acceptors (Lipinski definition) is 1. The van der Waals surface area contributed by atoms with Crippen LogP contribution < -0.4 is 5.32 Å². The first-order chi connectivity index (χ1) is 7.60. The number of nitrogens with one attached hydrogen (secondary N) is 1. The number of aryl methyl sites for hydroxylation is 1. The lowest BCUT2D eigenvalue weighted by molar-refractivity contribution is 0.382. The van der Waals surface area contributed by atoms with E-state index in [0.717, 1.165) is 11.6 Å². The van der Waals surface area contributed by atoms with Gasteiger partial charge in [0, 0.05) is 11.1 Å². The second kappa shape index (κ2) is 6.27. The van der Waals surface area contributed by atoms with Crippen LogP contribution in [0, 0.1) is 12.8 Å². The van der Waals surface area contributed by atoms with Crippen molar-refractivity contribution in [2.45, 2.75) is 40.2 Å². The van der Waals surface area contributed by atoms with Gasteiger partial charge < -0.3 is 5.32 Å². The summed E-state index contributed by atoms with van der Waals surface area (Å²) < 4.78 is 0. The Morgan fingerprint density at radius 1 is 1.31 bits per heavy atom. The molecule has 2 heteroatoms. The maximum Gasteiger partial charge on any atom is 0.0409 e. The zero-order valence-corrected chi connectivity index (χ0v) is 11.4. The Bertz CT molecular complexity index is 336. The highest BCUT2D eigenvalue weighted by molar-refractivity contribution is 6.30. The molecule has 1 N–H and O–H groups in total. The van der Waals surface area contributed by atoms with Crippen molar-refractivity contribution in [3.63, 3.8) is 0 Å². The Hall–Kier alpha value is -0.530. The molecule has 0 aliphatic heterocycles. The Morgan fingerprint density at radius 3 is 2.56 bits per heavy atom. The van der Waals surface area contributed by atoms with Crippen LogP contribution in [0.2, 0.25) is 5.02 Å². The highest BCUT2D eigenvalue weighted by Gasteiger charge is 2.18. The van der Waals surface area contributed by atoms with Gasteiger partial charge in [0.15, 0.2) is 0 Å². The molecule has 0 aliphatic rings. The minimum Gasteiger partial charge on any atom is -0.310 e. The third kappa shape index (κ3) is 3.23. The van der Waals surface area contributed by atoms with Crippen molar-refractivity contribution >= 4 is 11.6 Å². The molecule has 2 unspecified atom stereocenters. The SMILES string of the molecule is CCNC(c1cc(Cl)ccc1C)C(C)CC. The molecule has 0 bridgehead atoms. The summed E-state index contributed by atoms with van der Waals surface area (Å²) in [5, 5.41) is 4.38. The molecule has 0 aliphatic carbocycles. The molecule has 0 heterocycles. The van der Waals surface area contributed by atoms with Crippen LogP contribution in [0.5, 0.6) is 0 Å². The van der Waals surface area contributed by atoms with Gasteiger partial charge in [-0.15, -0.1) is 0 Å². The van der Waals surface area contributed by atoms with Crippen molar-refractivity contribution in [2.75, 3.05) is 6.54 Å². The smallest absolute Gasteiger partial charge is 0.0409 e. The summed E-state index contributed by atoms with van der Waals surface area (Å²) >= 11 is 6.08. The van der Waals surface area contributed by atoms with Crippen LogP contribution in [0.3, 0.4) is 0 Å². The molecule has 1 rings (SSSR count). The summed E-state index contributed by atoms with van der Waals surface area (Å²) in [6, 6.07) is 6.56. The largest absolute Gasteiger partial charge is 0.310 e. The second-order valence-electron chi connectivity index (χ2n) is 4.42. The lowest BCUT2D eigenvalue weighted by atomic mass is 9.90. The average Bonchev–Trinajstić information content (AvgIpc) is 2.28. The molecule has 0 aromatic heterocycles. The van der Waals surface area contributed by atoms with E-state index in [1.165, 1.54) is 17.5 Å². The molecule has 1 aromatic carbocycles. The number of halogens is 1. The highest BCUT2D eigenvalue weighted by atomic mass is 35.5. The van der Waals surface area contributed by atoms with Gasteiger partial charge in [-0.3, -0.25) is 0 Å². The van der Waals surface area contributed by atoms with Crippen LogP contribution in [0.1, 0.15) is 44.4 Å². The van der Waals surface area contributed by atoms with Crippen molar-refractivity contribution in [3.8, 4) is 0 Å². The number of hydrogen-bond donors (Lipinski definition) is 1. The summed E-state index contributed by atoms with van der Waals surface area (Å²) in [7, 11) is 0. The summed E-state index contributed by atoms with van der Waals surface area (Å²) in [6.45, 7) is 9.80. The van der Waals surface area contributed by atoms with Crippen LogP contribution in [0.4, 0.5) is 0 Å². The Labute approximate surface area is 104 Å². The van der Waals surface area contributed by atoms with E-state index in [1.807, 2.05) is 6.07 Å². The predicted octanol–water partition coefficient (Wildman–Crippen LogP) is 4.35. The molecular weight excluding hydrogens is 218 g/mol. The van der Waals surface area contributed by atoms with E-state index < -0.39 is 0 Å². The monoisotopic (exact) mass is 239 g/mol. The topological polar surface area (TPSA) is 12.0 Å². The minimum absolute atomic E-state index is 0.411. The predicted molar refractivity (Wildman–Crippen MR) is 72.1 cm³/mol. The minimum atomic E-state index is 0.411. The summed E-state index contributed by atoms with van der Waals surface area (Å²) in [6.07, 6.45) is 1.17. The van der Waals surface area contributed by atoms with Crippen LogP contribution in [-0.2, 0) is 0 Å². The molecule has 0 saturated carbocycles. The van der Waals surface area contributed by atoms with E-state index in [4.69, 9.17) is 11.6 Å². The second-order valence-corrected chi connectivity index (χ2v) is 4.86. The summed E-state index contributed by atoms with van der Waals surface area (Å²) in [4.78, 5) is 0. The number of benzene rings is 1. The lowest BCUT2D eigenvalue weighted by Gasteiger charge is -2.26. The van der Waals surface area contributed by atoms with E-state index in [0.29, 0.717) is 12.0 Å². The van der Waals surface area contributed by atoms with Gasteiger partial charge in [-0.1, -0.05) is 44.9 Å². The molecule has 0 spiro atoms. The van der Waals surface area contributed by atoms with E-state index in [1.54, 1.807) is 0 Å². The van der Waals surface area contributed by atoms with Crippen molar-refractivity contribution in [2.24, 2.45) is 5.92 Å². The first-order valence-corrected chi connectivity index (χ1v) is 6.47. The van der Waals surface area contributed by atoms with Gasteiger partial charge in [-0.25, -0.2) is 0 Å². The molecule has 16 heavy (non-hydrogen) atoms. The molecule has 0 radical (unpaired) electrons. The van der Waals surface area contributed by atoms with Gasteiger partial charge in [-0.05, 0) is 42.6 Å². The molecule has 90 valence electrons. The van der Waals surface area contributed by atoms with Crippen LogP contribution in [-0.4, -0.2) is 6.54 Å². The normalized spacial score (nSPS) is 14.8. The fourth-order valence-electron chi connectivity index (χ4n) is 2.02. The fraction of sp³-hybridized carbons (Fsp3) is 0.571. The average molecular weight is 240 g/mol. The lowest BCUT2D eigenvalue weighted by Crippen LogP contribution is -2.27. The molecule has 2 atom stereocenters.